The Morgan fingerprint density at radius 3 is 2.38 bits per heavy atom. The molecule has 0 amide bonds. The molecule has 0 N–H and O–H groups in total. The van der Waals surface area contributed by atoms with Crippen LogP contribution in [-0.2, 0) is 13.0 Å². The highest BCUT2D eigenvalue weighted by Gasteiger charge is 2.22. The molecule has 0 fully saturated rings. The van der Waals surface area contributed by atoms with Crippen molar-refractivity contribution in [3.05, 3.63) is 123 Å². The summed E-state index contributed by atoms with van der Waals surface area (Å²) in [7, 11) is 0. The molecule has 1 heterocycles. The van der Waals surface area contributed by atoms with E-state index in [1.807, 2.05) is 36.5 Å². The quantitative estimate of drug-likeness (QED) is 0.0884. The summed E-state index contributed by atoms with van der Waals surface area (Å²) in [6.07, 6.45) is 2.76. The summed E-state index contributed by atoms with van der Waals surface area (Å²) in [4.78, 5) is 25.4. The lowest BCUT2D eigenvalue weighted by Gasteiger charge is -2.16. The van der Waals surface area contributed by atoms with Gasteiger partial charge in [-0.15, -0.1) is 4.91 Å². The van der Waals surface area contributed by atoms with E-state index in [4.69, 9.17) is 0 Å². The Morgan fingerprint density at radius 2 is 1.68 bits per heavy atom. The molecule has 4 rings (SSSR count). The maximum atomic E-state index is 13.5. The third-order valence-electron chi connectivity index (χ3n) is 6.22. The Kier molecular flexibility index (Phi) is 8.86. The second-order valence-electron chi connectivity index (χ2n) is 9.42. The van der Waals surface area contributed by atoms with Crippen LogP contribution in [0.3, 0.4) is 0 Å². The number of nitrogens with zero attached hydrogens (tertiary/aromatic N) is 3. The highest BCUT2D eigenvalue weighted by molar-refractivity contribution is 7.98. The largest absolute Gasteiger partial charge is 0.338 e. The monoisotopic (exact) mass is 509 g/mol. The van der Waals surface area contributed by atoms with E-state index in [2.05, 4.69) is 71.3 Å². The Hall–Kier alpha value is -3.77. The van der Waals surface area contributed by atoms with Crippen molar-refractivity contribution in [2.45, 2.75) is 51.0 Å². The number of benzene rings is 3. The number of rotatable bonds is 11. The van der Waals surface area contributed by atoms with Crippen molar-refractivity contribution in [3.8, 4) is 0 Å². The molecule has 0 aliphatic rings. The second-order valence-corrected chi connectivity index (χ2v) is 10.3. The summed E-state index contributed by atoms with van der Waals surface area (Å²) in [5, 5.41) is 3.01. The fourth-order valence-electron chi connectivity index (χ4n) is 4.38. The summed E-state index contributed by atoms with van der Waals surface area (Å²) >= 11 is 1.42. The van der Waals surface area contributed by atoms with Crippen molar-refractivity contribution in [1.29, 1.82) is 0 Å². The van der Waals surface area contributed by atoms with E-state index in [0.717, 1.165) is 33.0 Å². The summed E-state index contributed by atoms with van der Waals surface area (Å²) in [6.45, 7) is 6.96. The second kappa shape index (κ2) is 12.5. The van der Waals surface area contributed by atoms with Gasteiger partial charge in [0.1, 0.15) is 5.69 Å². The molecule has 4 aromatic rings. The minimum atomic E-state index is 0.0841. The number of aryl methyl sites for hydroxylation is 2. The molecular weight excluding hydrogens is 478 g/mol. The molecule has 0 spiro atoms. The van der Waals surface area contributed by atoms with Gasteiger partial charge in [-0.1, -0.05) is 74.0 Å². The normalized spacial score (nSPS) is 11.4. The van der Waals surface area contributed by atoms with Crippen molar-refractivity contribution in [2.75, 3.05) is 0 Å². The van der Waals surface area contributed by atoms with Gasteiger partial charge in [-0.25, -0.2) is 4.40 Å². The van der Waals surface area contributed by atoms with Gasteiger partial charge in [-0.05, 0) is 65.9 Å². The molecule has 1 aromatic heterocycles. The van der Waals surface area contributed by atoms with Crippen molar-refractivity contribution >= 4 is 29.6 Å². The first kappa shape index (κ1) is 26.3. The van der Waals surface area contributed by atoms with Crippen LogP contribution in [0.4, 0.5) is 5.69 Å². The van der Waals surface area contributed by atoms with E-state index in [-0.39, 0.29) is 11.7 Å². The van der Waals surface area contributed by atoms with Crippen LogP contribution in [0.1, 0.15) is 64.6 Å². The molecule has 0 radical (unpaired) electrons. The van der Waals surface area contributed by atoms with E-state index < -0.39 is 0 Å². The fourth-order valence-corrected chi connectivity index (χ4v) is 4.92. The molecule has 0 saturated heterocycles. The molecule has 0 aliphatic heterocycles. The molecule has 6 heteroatoms. The average molecular weight is 510 g/mol. The van der Waals surface area contributed by atoms with Gasteiger partial charge < -0.3 is 4.57 Å². The third-order valence-corrected chi connectivity index (χ3v) is 6.92. The van der Waals surface area contributed by atoms with Crippen LogP contribution in [0.15, 0.2) is 99.4 Å². The minimum Gasteiger partial charge on any atom is -0.338 e. The SMILES string of the molecule is Cc1ccc(S/N=C/c2cc(C(=O)CCc3cccc(N=O)c3)c(C(C)C)n2Cc2ccccc2)cc1. The predicted octanol–water partition coefficient (Wildman–Crippen LogP) is 8.31. The maximum Gasteiger partial charge on any atom is 0.165 e. The minimum absolute atomic E-state index is 0.0841. The summed E-state index contributed by atoms with van der Waals surface area (Å²) in [6, 6.07) is 27.6. The van der Waals surface area contributed by atoms with E-state index in [1.165, 1.54) is 17.5 Å². The van der Waals surface area contributed by atoms with Crippen LogP contribution in [-0.4, -0.2) is 16.6 Å². The van der Waals surface area contributed by atoms with Gasteiger partial charge in [0, 0.05) is 41.1 Å². The Labute approximate surface area is 222 Å². The van der Waals surface area contributed by atoms with Crippen molar-refractivity contribution in [3.63, 3.8) is 0 Å². The number of aromatic nitrogens is 1. The number of ketones is 1. The molecular formula is C31H31N3O2S. The molecule has 3 aromatic carbocycles. The number of carbonyl (C=O) groups excluding carboxylic acids is 1. The van der Waals surface area contributed by atoms with Gasteiger partial charge in [0.15, 0.2) is 5.78 Å². The van der Waals surface area contributed by atoms with Gasteiger partial charge in [-0.3, -0.25) is 4.79 Å². The van der Waals surface area contributed by atoms with Crippen molar-refractivity contribution in [1.82, 2.24) is 4.57 Å². The van der Waals surface area contributed by atoms with Gasteiger partial charge in [-0.2, -0.15) is 0 Å². The maximum absolute atomic E-state index is 13.5. The number of nitroso groups, excluding NO2 is 1. The van der Waals surface area contributed by atoms with E-state index in [0.29, 0.717) is 25.1 Å². The number of carbonyl (C=O) groups is 1. The van der Waals surface area contributed by atoms with Gasteiger partial charge in [0.25, 0.3) is 0 Å². The Morgan fingerprint density at radius 1 is 0.946 bits per heavy atom. The first-order valence-electron chi connectivity index (χ1n) is 12.4. The number of hydrogen-bond acceptors (Lipinski definition) is 5. The lowest BCUT2D eigenvalue weighted by molar-refractivity contribution is 0.0981. The predicted molar refractivity (Wildman–Crippen MR) is 153 cm³/mol. The highest BCUT2D eigenvalue weighted by Crippen LogP contribution is 2.28. The van der Waals surface area contributed by atoms with Crippen LogP contribution in [0.2, 0.25) is 0 Å². The zero-order valence-electron chi connectivity index (χ0n) is 21.4. The van der Waals surface area contributed by atoms with Crippen molar-refractivity contribution < 1.29 is 4.79 Å². The Bertz CT molecular complexity index is 1390. The van der Waals surface area contributed by atoms with Gasteiger partial charge in [0.05, 0.1) is 11.9 Å². The fraction of sp³-hybridized carbons (Fsp3) is 0.226. The molecule has 5 nitrogen and oxygen atoms in total. The molecule has 0 aliphatic carbocycles. The average Bonchev–Trinajstić information content (AvgIpc) is 3.27. The first-order valence-corrected chi connectivity index (χ1v) is 13.2. The molecule has 0 unspecified atom stereocenters. The summed E-state index contributed by atoms with van der Waals surface area (Å²) < 4.78 is 6.86. The molecule has 188 valence electrons. The molecule has 0 atom stereocenters. The number of hydrogen-bond donors (Lipinski definition) is 0. The van der Waals surface area contributed by atoms with Crippen LogP contribution in [0.25, 0.3) is 0 Å². The third kappa shape index (κ3) is 6.92. The van der Waals surface area contributed by atoms with E-state index in [9.17, 15) is 9.70 Å². The van der Waals surface area contributed by atoms with Crippen LogP contribution >= 0.6 is 11.9 Å². The molecule has 0 bridgehead atoms. The molecule has 0 saturated carbocycles. The standard InChI is InChI=1S/C31H31N3O2S/c1-22(2)31-29(30(35)17-14-24-10-7-11-26(18-24)33-36)19-27(34(31)21-25-8-5-4-6-9-25)20-32-37-28-15-12-23(3)13-16-28/h4-13,15-16,18-20,22H,14,17,21H2,1-3H3/b32-20+. The topological polar surface area (TPSA) is 63.8 Å². The van der Waals surface area contributed by atoms with Gasteiger partial charge in [0.2, 0.25) is 0 Å². The zero-order valence-corrected chi connectivity index (χ0v) is 22.2. The lowest BCUT2D eigenvalue weighted by atomic mass is 9.98. The first-order chi connectivity index (χ1) is 17.9. The van der Waals surface area contributed by atoms with Crippen LogP contribution < -0.4 is 0 Å². The Balaban J connectivity index is 1.64. The van der Waals surface area contributed by atoms with E-state index in [1.54, 1.807) is 18.2 Å². The number of Topliss-reactive ketones (excluding diaryl/α,β-unsaturated/α-hetero) is 1. The summed E-state index contributed by atoms with van der Waals surface area (Å²) in [5.74, 6) is 0.234. The van der Waals surface area contributed by atoms with Crippen molar-refractivity contribution in [2.24, 2.45) is 9.57 Å². The summed E-state index contributed by atoms with van der Waals surface area (Å²) in [5.41, 5.74) is 6.34. The van der Waals surface area contributed by atoms with Crippen LogP contribution in [0.5, 0.6) is 0 Å². The van der Waals surface area contributed by atoms with Crippen LogP contribution in [0, 0.1) is 11.8 Å². The zero-order chi connectivity index (χ0) is 26.2. The molecule has 37 heavy (non-hydrogen) atoms. The lowest BCUT2D eigenvalue weighted by Crippen LogP contribution is -2.12. The van der Waals surface area contributed by atoms with E-state index >= 15 is 0 Å². The highest BCUT2D eigenvalue weighted by atomic mass is 32.2. The van der Waals surface area contributed by atoms with Gasteiger partial charge >= 0.3 is 0 Å². The smallest absolute Gasteiger partial charge is 0.165 e.